The fraction of sp³-hybridized carbons (Fsp3) is 0.158. The van der Waals surface area contributed by atoms with Gasteiger partial charge in [-0.25, -0.2) is 9.59 Å². The molecule has 2 aromatic rings. The molecule has 0 spiro atoms. The van der Waals surface area contributed by atoms with Crippen molar-refractivity contribution in [1.82, 2.24) is 0 Å². The van der Waals surface area contributed by atoms with Gasteiger partial charge >= 0.3 is 11.9 Å². The van der Waals surface area contributed by atoms with Gasteiger partial charge in [-0.3, -0.25) is 9.59 Å². The molecule has 0 fully saturated rings. The van der Waals surface area contributed by atoms with E-state index in [-0.39, 0.29) is 17.1 Å². The van der Waals surface area contributed by atoms with Gasteiger partial charge in [0.05, 0.1) is 18.2 Å². The fourth-order valence-electron chi connectivity index (χ4n) is 1.81. The Bertz CT molecular complexity index is 740. The number of hydrogen-bond acceptors (Lipinski definition) is 5. The third-order valence-electron chi connectivity index (χ3n) is 3.25. The number of methoxy groups -OCH3 is 1. The van der Waals surface area contributed by atoms with Crippen molar-refractivity contribution in [2.45, 2.75) is 13.8 Å². The highest BCUT2D eigenvalue weighted by Gasteiger charge is 2.05. The fourth-order valence-corrected chi connectivity index (χ4v) is 1.81. The summed E-state index contributed by atoms with van der Waals surface area (Å²) in [5.74, 6) is -1.46. The van der Waals surface area contributed by atoms with Gasteiger partial charge in [0.1, 0.15) is 0 Å². The Hall–Kier alpha value is -3.28. The summed E-state index contributed by atoms with van der Waals surface area (Å²) in [6.07, 6.45) is 0. The summed E-state index contributed by atoms with van der Waals surface area (Å²) in [6, 6.07) is 12.2. The van der Waals surface area contributed by atoms with Crippen molar-refractivity contribution in [2.75, 3.05) is 7.11 Å². The van der Waals surface area contributed by atoms with E-state index in [0.29, 0.717) is 16.7 Å². The number of carboxylic acid groups (broad SMARTS) is 1. The van der Waals surface area contributed by atoms with E-state index < -0.39 is 11.9 Å². The van der Waals surface area contributed by atoms with Crippen LogP contribution in [0.15, 0.2) is 48.5 Å². The molecule has 1 N–H and O–H groups in total. The summed E-state index contributed by atoms with van der Waals surface area (Å²) in [5.41, 5.74) is 1.76. The smallest absolute Gasteiger partial charge is 0.337 e. The number of aromatic carboxylic acids is 1. The normalized spacial score (nSPS) is 9.40. The first-order valence-corrected chi connectivity index (χ1v) is 7.30. The number of carbonyl (C=O) groups excluding carboxylic acids is 3. The highest BCUT2D eigenvalue weighted by molar-refractivity contribution is 5.96. The monoisotopic (exact) mass is 342 g/mol. The number of rotatable bonds is 4. The first-order chi connectivity index (χ1) is 11.8. The first kappa shape index (κ1) is 19.8. The number of Topliss-reactive ketones (excluding diaryl/α,β-unsaturated/α-hetero) is 2. The van der Waals surface area contributed by atoms with Crippen LogP contribution in [0.4, 0.5) is 0 Å². The Balaban J connectivity index is 0.000000251. The molecule has 0 atom stereocenters. The molecule has 0 aliphatic rings. The standard InChI is InChI=1S/C10H10O3.C9H8O3/c1-7(11)8-3-5-9(6-4-8)10(12)13-2;1-6(10)7-2-4-8(5-3-7)9(11)12/h3-6H,1-2H3;2-5H,1H3,(H,11,12). The van der Waals surface area contributed by atoms with Crippen molar-refractivity contribution in [2.24, 2.45) is 0 Å². The average molecular weight is 342 g/mol. The van der Waals surface area contributed by atoms with Gasteiger partial charge in [-0.05, 0) is 38.1 Å². The lowest BCUT2D eigenvalue weighted by Crippen LogP contribution is -2.01. The predicted molar refractivity (Wildman–Crippen MR) is 91.2 cm³/mol. The Morgan fingerprint density at radius 1 is 0.680 bits per heavy atom. The molecular formula is C19H18O6. The minimum absolute atomic E-state index is 0.0172. The molecule has 0 bridgehead atoms. The zero-order chi connectivity index (χ0) is 19.0. The van der Waals surface area contributed by atoms with Crippen LogP contribution in [0.1, 0.15) is 55.3 Å². The average Bonchev–Trinajstić information content (AvgIpc) is 2.61. The summed E-state index contributed by atoms with van der Waals surface area (Å²) < 4.78 is 4.51. The molecular weight excluding hydrogens is 324 g/mol. The van der Waals surface area contributed by atoms with Crippen molar-refractivity contribution in [3.8, 4) is 0 Å². The van der Waals surface area contributed by atoms with E-state index in [9.17, 15) is 19.2 Å². The Morgan fingerprint density at radius 2 is 1.00 bits per heavy atom. The van der Waals surface area contributed by atoms with E-state index in [1.165, 1.54) is 45.2 Å². The molecule has 2 rings (SSSR count). The molecule has 0 aliphatic carbocycles. The van der Waals surface area contributed by atoms with Gasteiger partial charge < -0.3 is 9.84 Å². The van der Waals surface area contributed by atoms with Crippen LogP contribution in [0.5, 0.6) is 0 Å². The lowest BCUT2D eigenvalue weighted by atomic mass is 10.1. The van der Waals surface area contributed by atoms with Crippen LogP contribution < -0.4 is 0 Å². The second kappa shape index (κ2) is 9.12. The van der Waals surface area contributed by atoms with E-state index in [2.05, 4.69) is 4.74 Å². The van der Waals surface area contributed by atoms with Gasteiger partial charge in [-0.1, -0.05) is 24.3 Å². The van der Waals surface area contributed by atoms with Crippen LogP contribution in [0.25, 0.3) is 0 Å². The summed E-state index contributed by atoms with van der Waals surface area (Å²) >= 11 is 0. The van der Waals surface area contributed by atoms with Crippen LogP contribution in [-0.2, 0) is 4.74 Å². The van der Waals surface area contributed by atoms with Crippen LogP contribution >= 0.6 is 0 Å². The van der Waals surface area contributed by atoms with Crippen molar-refractivity contribution >= 4 is 23.5 Å². The zero-order valence-corrected chi connectivity index (χ0v) is 14.1. The highest BCUT2D eigenvalue weighted by atomic mass is 16.5. The molecule has 130 valence electrons. The molecule has 0 radical (unpaired) electrons. The van der Waals surface area contributed by atoms with Crippen LogP contribution in [0, 0.1) is 0 Å². The molecule has 0 aromatic heterocycles. The maximum atomic E-state index is 11.0. The third kappa shape index (κ3) is 6.02. The van der Waals surface area contributed by atoms with E-state index >= 15 is 0 Å². The molecule has 0 saturated heterocycles. The highest BCUT2D eigenvalue weighted by Crippen LogP contribution is 2.06. The SMILES string of the molecule is CC(=O)c1ccc(C(=O)O)cc1.COC(=O)c1ccc(C(C)=O)cc1. The zero-order valence-electron chi connectivity index (χ0n) is 14.1. The molecule has 0 amide bonds. The number of ether oxygens (including phenoxy) is 1. The molecule has 25 heavy (non-hydrogen) atoms. The number of esters is 1. The first-order valence-electron chi connectivity index (χ1n) is 7.30. The van der Waals surface area contributed by atoms with Crippen molar-refractivity contribution in [3.05, 3.63) is 70.8 Å². The third-order valence-corrected chi connectivity index (χ3v) is 3.25. The molecule has 6 heteroatoms. The Morgan fingerprint density at radius 3 is 1.28 bits per heavy atom. The molecule has 6 nitrogen and oxygen atoms in total. The molecule has 0 unspecified atom stereocenters. The van der Waals surface area contributed by atoms with Crippen LogP contribution in [0.3, 0.4) is 0 Å². The largest absolute Gasteiger partial charge is 0.478 e. The topological polar surface area (TPSA) is 97.7 Å². The molecule has 2 aromatic carbocycles. The van der Waals surface area contributed by atoms with Crippen LogP contribution in [-0.4, -0.2) is 35.7 Å². The molecule has 0 saturated carbocycles. The number of carboxylic acids is 1. The summed E-state index contributed by atoms with van der Waals surface area (Å²) in [7, 11) is 1.32. The molecule has 0 heterocycles. The maximum Gasteiger partial charge on any atom is 0.337 e. The quantitative estimate of drug-likeness (QED) is 0.676. The minimum Gasteiger partial charge on any atom is -0.478 e. The van der Waals surface area contributed by atoms with E-state index in [0.717, 1.165) is 0 Å². The van der Waals surface area contributed by atoms with Crippen molar-refractivity contribution in [3.63, 3.8) is 0 Å². The van der Waals surface area contributed by atoms with Gasteiger partial charge in [-0.2, -0.15) is 0 Å². The Kier molecular flexibility index (Phi) is 7.21. The van der Waals surface area contributed by atoms with E-state index in [4.69, 9.17) is 5.11 Å². The number of ketones is 2. The van der Waals surface area contributed by atoms with Crippen molar-refractivity contribution < 1.29 is 29.0 Å². The second-order valence-corrected chi connectivity index (χ2v) is 5.06. The lowest BCUT2D eigenvalue weighted by Gasteiger charge is -1.99. The van der Waals surface area contributed by atoms with Crippen LogP contribution in [0.2, 0.25) is 0 Å². The van der Waals surface area contributed by atoms with E-state index in [1.807, 2.05) is 0 Å². The maximum absolute atomic E-state index is 11.0. The number of hydrogen-bond donors (Lipinski definition) is 1. The molecule has 0 aliphatic heterocycles. The van der Waals surface area contributed by atoms with Crippen molar-refractivity contribution in [1.29, 1.82) is 0 Å². The Labute approximate surface area is 145 Å². The second-order valence-electron chi connectivity index (χ2n) is 5.06. The number of benzene rings is 2. The van der Waals surface area contributed by atoms with Gasteiger partial charge in [-0.15, -0.1) is 0 Å². The van der Waals surface area contributed by atoms with Gasteiger partial charge in [0.2, 0.25) is 0 Å². The van der Waals surface area contributed by atoms with Gasteiger partial charge in [0, 0.05) is 11.1 Å². The van der Waals surface area contributed by atoms with E-state index in [1.54, 1.807) is 24.3 Å². The van der Waals surface area contributed by atoms with Gasteiger partial charge in [0.25, 0.3) is 0 Å². The summed E-state index contributed by atoms with van der Waals surface area (Å²) in [5, 5.41) is 8.53. The lowest BCUT2D eigenvalue weighted by molar-refractivity contribution is 0.0599. The summed E-state index contributed by atoms with van der Waals surface area (Å²) in [6.45, 7) is 2.92. The predicted octanol–water partition coefficient (Wildman–Crippen LogP) is 3.26. The van der Waals surface area contributed by atoms with Gasteiger partial charge in [0.15, 0.2) is 11.6 Å². The minimum atomic E-state index is -0.981. The summed E-state index contributed by atoms with van der Waals surface area (Å²) in [4.78, 5) is 43.0. The number of carbonyl (C=O) groups is 4.